The zero-order valence-corrected chi connectivity index (χ0v) is 10.2. The monoisotopic (exact) mass is 242 g/mol. The van der Waals surface area contributed by atoms with E-state index in [-0.39, 0.29) is 10.8 Å². The molecule has 1 aromatic rings. The van der Waals surface area contributed by atoms with Gasteiger partial charge in [-0.3, -0.25) is 4.79 Å². The fourth-order valence-electron chi connectivity index (χ4n) is 1.57. The molecule has 88 valence electrons. The van der Waals surface area contributed by atoms with Crippen LogP contribution in [0, 0.1) is 5.82 Å². The third kappa shape index (κ3) is 3.60. The second-order valence-corrected chi connectivity index (χ2v) is 4.21. The van der Waals surface area contributed by atoms with E-state index in [1.54, 1.807) is 6.07 Å². The molecule has 0 bridgehead atoms. The van der Waals surface area contributed by atoms with E-state index in [2.05, 4.69) is 6.92 Å². The lowest BCUT2D eigenvalue weighted by molar-refractivity contribution is 0.0979. The Hall–Kier alpha value is -0.890. The fraction of sp³-hybridized carbons (Fsp3) is 0.462. The van der Waals surface area contributed by atoms with Gasteiger partial charge in [-0.05, 0) is 18.6 Å². The number of halogens is 2. The van der Waals surface area contributed by atoms with Crippen LogP contribution in [0.25, 0.3) is 0 Å². The second-order valence-electron chi connectivity index (χ2n) is 3.84. The molecule has 0 amide bonds. The number of carbonyl (C=O) groups is 1. The quantitative estimate of drug-likeness (QED) is 0.525. The molecule has 0 aliphatic carbocycles. The Balaban J connectivity index is 2.56. The van der Waals surface area contributed by atoms with Crippen molar-refractivity contribution >= 4 is 17.4 Å². The predicted octanol–water partition coefficient (Wildman–Crippen LogP) is 4.63. The lowest BCUT2D eigenvalue weighted by atomic mass is 10.0. The van der Waals surface area contributed by atoms with Crippen molar-refractivity contribution in [3.8, 4) is 0 Å². The van der Waals surface area contributed by atoms with E-state index >= 15 is 0 Å². The summed E-state index contributed by atoms with van der Waals surface area (Å²) in [6.07, 6.45) is 4.59. The van der Waals surface area contributed by atoms with Gasteiger partial charge in [0.15, 0.2) is 5.78 Å². The van der Waals surface area contributed by atoms with Crippen LogP contribution in [-0.4, -0.2) is 5.78 Å². The summed E-state index contributed by atoms with van der Waals surface area (Å²) in [6.45, 7) is 2.12. The Labute approximate surface area is 101 Å². The average molecular weight is 243 g/mol. The smallest absolute Gasteiger partial charge is 0.164 e. The second kappa shape index (κ2) is 6.64. The fourth-order valence-corrected chi connectivity index (χ4v) is 1.80. The number of carbonyl (C=O) groups excluding carboxylic acids is 1. The van der Waals surface area contributed by atoms with Gasteiger partial charge in [0, 0.05) is 12.0 Å². The van der Waals surface area contributed by atoms with Gasteiger partial charge in [-0.15, -0.1) is 0 Å². The lowest BCUT2D eigenvalue weighted by Crippen LogP contribution is -2.01. The molecule has 0 N–H and O–H groups in total. The number of Topliss-reactive ketones (excluding diaryl/α,β-unsaturated/α-hetero) is 1. The Bertz CT molecular complexity index is 363. The molecule has 0 atom stereocenters. The summed E-state index contributed by atoms with van der Waals surface area (Å²) in [5.41, 5.74) is 0.304. The highest BCUT2D eigenvalue weighted by atomic mass is 35.5. The van der Waals surface area contributed by atoms with E-state index in [1.165, 1.54) is 12.1 Å². The highest BCUT2D eigenvalue weighted by molar-refractivity contribution is 6.34. The molecule has 16 heavy (non-hydrogen) atoms. The molecule has 0 fully saturated rings. The Morgan fingerprint density at radius 2 is 2.06 bits per heavy atom. The number of hydrogen-bond donors (Lipinski definition) is 0. The molecule has 0 heterocycles. The maximum atomic E-state index is 13.1. The number of ketones is 1. The summed E-state index contributed by atoms with van der Waals surface area (Å²) in [5.74, 6) is -0.596. The van der Waals surface area contributed by atoms with E-state index in [9.17, 15) is 9.18 Å². The standard InChI is InChI=1S/C13H16ClFO/c1-2-3-4-5-9-12(16)10-7-6-8-11(15)13(10)14/h6-8H,2-5,9H2,1H3. The molecule has 0 saturated heterocycles. The molecule has 0 radical (unpaired) electrons. The number of rotatable bonds is 6. The van der Waals surface area contributed by atoms with E-state index in [1.807, 2.05) is 0 Å². The van der Waals surface area contributed by atoms with Gasteiger partial charge in [0.2, 0.25) is 0 Å². The molecule has 1 aromatic carbocycles. The SMILES string of the molecule is CCCCCCC(=O)c1cccc(F)c1Cl. The first-order valence-electron chi connectivity index (χ1n) is 5.64. The Morgan fingerprint density at radius 1 is 1.31 bits per heavy atom. The minimum atomic E-state index is -0.527. The summed E-state index contributed by atoms with van der Waals surface area (Å²) in [6, 6.07) is 4.35. The molecule has 1 rings (SSSR count). The van der Waals surface area contributed by atoms with Crippen LogP contribution in [0.1, 0.15) is 49.4 Å². The van der Waals surface area contributed by atoms with Crippen molar-refractivity contribution < 1.29 is 9.18 Å². The van der Waals surface area contributed by atoms with Crippen molar-refractivity contribution in [2.24, 2.45) is 0 Å². The topological polar surface area (TPSA) is 17.1 Å². The van der Waals surface area contributed by atoms with Crippen LogP contribution >= 0.6 is 11.6 Å². The van der Waals surface area contributed by atoms with Crippen LogP contribution in [0.2, 0.25) is 5.02 Å². The minimum Gasteiger partial charge on any atom is -0.294 e. The van der Waals surface area contributed by atoms with Crippen LogP contribution < -0.4 is 0 Å². The molecule has 0 saturated carbocycles. The van der Waals surface area contributed by atoms with Crippen molar-refractivity contribution in [3.05, 3.63) is 34.6 Å². The maximum Gasteiger partial charge on any atom is 0.164 e. The third-order valence-corrected chi connectivity index (χ3v) is 2.89. The highest BCUT2D eigenvalue weighted by Crippen LogP contribution is 2.21. The maximum absolute atomic E-state index is 13.1. The van der Waals surface area contributed by atoms with Gasteiger partial charge in [0.05, 0.1) is 5.02 Å². The molecule has 0 unspecified atom stereocenters. The lowest BCUT2D eigenvalue weighted by Gasteiger charge is -2.04. The largest absolute Gasteiger partial charge is 0.294 e. The van der Waals surface area contributed by atoms with Gasteiger partial charge in [-0.1, -0.05) is 43.9 Å². The van der Waals surface area contributed by atoms with Gasteiger partial charge in [0.25, 0.3) is 0 Å². The van der Waals surface area contributed by atoms with E-state index in [4.69, 9.17) is 11.6 Å². The summed E-state index contributed by atoms with van der Waals surface area (Å²) < 4.78 is 13.1. The number of unbranched alkanes of at least 4 members (excludes halogenated alkanes) is 3. The van der Waals surface area contributed by atoms with E-state index < -0.39 is 5.82 Å². The zero-order chi connectivity index (χ0) is 12.0. The highest BCUT2D eigenvalue weighted by Gasteiger charge is 2.12. The van der Waals surface area contributed by atoms with Gasteiger partial charge in [0.1, 0.15) is 5.82 Å². The molecule has 0 aliphatic rings. The van der Waals surface area contributed by atoms with Crippen LogP contribution in [0.3, 0.4) is 0 Å². The van der Waals surface area contributed by atoms with Crippen LogP contribution in [0.5, 0.6) is 0 Å². The first-order chi connectivity index (χ1) is 7.66. The van der Waals surface area contributed by atoms with Gasteiger partial charge < -0.3 is 0 Å². The zero-order valence-electron chi connectivity index (χ0n) is 9.43. The van der Waals surface area contributed by atoms with Crippen molar-refractivity contribution in [2.75, 3.05) is 0 Å². The van der Waals surface area contributed by atoms with Crippen LogP contribution in [0.15, 0.2) is 18.2 Å². The molecular weight excluding hydrogens is 227 g/mol. The molecule has 3 heteroatoms. The molecule has 0 aliphatic heterocycles. The Kier molecular flexibility index (Phi) is 5.47. The molecular formula is C13H16ClFO. The normalized spacial score (nSPS) is 10.4. The van der Waals surface area contributed by atoms with E-state index in [0.29, 0.717) is 12.0 Å². The van der Waals surface area contributed by atoms with Crippen LogP contribution in [0.4, 0.5) is 4.39 Å². The van der Waals surface area contributed by atoms with Crippen LogP contribution in [-0.2, 0) is 0 Å². The predicted molar refractivity (Wildman–Crippen MR) is 64.5 cm³/mol. The first-order valence-corrected chi connectivity index (χ1v) is 6.01. The Morgan fingerprint density at radius 3 is 2.75 bits per heavy atom. The third-order valence-electron chi connectivity index (χ3n) is 2.51. The van der Waals surface area contributed by atoms with Crippen molar-refractivity contribution in [3.63, 3.8) is 0 Å². The summed E-state index contributed by atoms with van der Waals surface area (Å²) in [5, 5.41) is -0.0528. The molecule has 0 spiro atoms. The number of benzene rings is 1. The summed E-state index contributed by atoms with van der Waals surface area (Å²) in [7, 11) is 0. The minimum absolute atomic E-state index is 0.0528. The van der Waals surface area contributed by atoms with Gasteiger partial charge in [-0.2, -0.15) is 0 Å². The van der Waals surface area contributed by atoms with E-state index in [0.717, 1.165) is 25.7 Å². The summed E-state index contributed by atoms with van der Waals surface area (Å²) in [4.78, 5) is 11.7. The van der Waals surface area contributed by atoms with Gasteiger partial charge >= 0.3 is 0 Å². The number of hydrogen-bond acceptors (Lipinski definition) is 1. The van der Waals surface area contributed by atoms with Crippen molar-refractivity contribution in [1.82, 2.24) is 0 Å². The molecule has 1 nitrogen and oxygen atoms in total. The average Bonchev–Trinajstić information content (AvgIpc) is 2.28. The molecule has 0 aromatic heterocycles. The van der Waals surface area contributed by atoms with Crippen molar-refractivity contribution in [1.29, 1.82) is 0 Å². The van der Waals surface area contributed by atoms with Crippen molar-refractivity contribution in [2.45, 2.75) is 39.0 Å². The summed E-state index contributed by atoms with van der Waals surface area (Å²) >= 11 is 5.73. The van der Waals surface area contributed by atoms with Gasteiger partial charge in [-0.25, -0.2) is 4.39 Å². The first kappa shape index (κ1) is 13.2.